The summed E-state index contributed by atoms with van der Waals surface area (Å²) in [5, 5.41) is 1.44. The second-order valence-corrected chi connectivity index (χ2v) is 5.94. The van der Waals surface area contributed by atoms with Crippen molar-refractivity contribution in [3.63, 3.8) is 0 Å². The van der Waals surface area contributed by atoms with Crippen LogP contribution in [0.15, 0.2) is 47.3 Å². The molecule has 24 heavy (non-hydrogen) atoms. The largest absolute Gasteiger partial charge is 0.496 e. The third-order valence-electron chi connectivity index (χ3n) is 4.14. The summed E-state index contributed by atoms with van der Waals surface area (Å²) in [6.07, 6.45) is 0. The molecule has 0 fully saturated rings. The highest BCUT2D eigenvalue weighted by Crippen LogP contribution is 2.38. The van der Waals surface area contributed by atoms with Gasteiger partial charge in [-0.1, -0.05) is 29.8 Å². The molecule has 0 atom stereocenters. The van der Waals surface area contributed by atoms with Crippen LogP contribution in [0.4, 0.5) is 5.69 Å². The van der Waals surface area contributed by atoms with E-state index in [1.807, 2.05) is 36.4 Å². The van der Waals surface area contributed by atoms with Crippen molar-refractivity contribution in [1.82, 2.24) is 9.97 Å². The zero-order chi connectivity index (χ0) is 16.8. The zero-order valence-electron chi connectivity index (χ0n) is 12.8. The van der Waals surface area contributed by atoms with Gasteiger partial charge < -0.3 is 20.4 Å². The SMILES string of the molecule is COc1ccccc1-c1c(N)c(=O)[nH]c2c1[nH]c1ccc(Cl)cc12. The van der Waals surface area contributed by atoms with E-state index in [9.17, 15) is 4.79 Å². The Morgan fingerprint density at radius 3 is 2.67 bits per heavy atom. The maximum Gasteiger partial charge on any atom is 0.272 e. The zero-order valence-corrected chi connectivity index (χ0v) is 13.6. The van der Waals surface area contributed by atoms with Crippen molar-refractivity contribution < 1.29 is 4.74 Å². The van der Waals surface area contributed by atoms with Crippen molar-refractivity contribution in [2.45, 2.75) is 0 Å². The lowest BCUT2D eigenvalue weighted by atomic mass is 10.0. The lowest BCUT2D eigenvalue weighted by Gasteiger charge is -2.11. The third-order valence-corrected chi connectivity index (χ3v) is 4.37. The number of rotatable bonds is 2. The molecule has 0 unspecified atom stereocenters. The van der Waals surface area contributed by atoms with E-state index in [-0.39, 0.29) is 11.2 Å². The first kappa shape index (κ1) is 14.7. The van der Waals surface area contributed by atoms with Crippen molar-refractivity contribution in [3.8, 4) is 16.9 Å². The number of ether oxygens (including phenoxy) is 1. The Kier molecular flexibility index (Phi) is 3.25. The molecule has 0 aliphatic rings. The highest BCUT2D eigenvalue weighted by molar-refractivity contribution is 6.31. The predicted octanol–water partition coefficient (Wildman–Crippen LogP) is 3.92. The number of aromatic amines is 2. The van der Waals surface area contributed by atoms with Gasteiger partial charge in [0.05, 0.1) is 18.1 Å². The number of H-pyrrole nitrogens is 2. The monoisotopic (exact) mass is 339 g/mol. The summed E-state index contributed by atoms with van der Waals surface area (Å²) in [6.45, 7) is 0. The molecule has 0 aliphatic carbocycles. The van der Waals surface area contributed by atoms with Gasteiger partial charge in [0.1, 0.15) is 11.4 Å². The lowest BCUT2D eigenvalue weighted by Crippen LogP contribution is -2.13. The molecular weight excluding hydrogens is 326 g/mol. The third kappa shape index (κ3) is 2.06. The molecule has 5 nitrogen and oxygen atoms in total. The number of nitrogens with two attached hydrogens (primary N) is 1. The maximum absolute atomic E-state index is 12.4. The van der Waals surface area contributed by atoms with E-state index in [2.05, 4.69) is 9.97 Å². The van der Waals surface area contributed by atoms with E-state index in [0.29, 0.717) is 21.9 Å². The van der Waals surface area contributed by atoms with Gasteiger partial charge in [-0.2, -0.15) is 0 Å². The topological polar surface area (TPSA) is 83.9 Å². The number of nitrogens with one attached hydrogen (secondary N) is 2. The van der Waals surface area contributed by atoms with Crippen LogP contribution in [-0.2, 0) is 0 Å². The van der Waals surface area contributed by atoms with Gasteiger partial charge in [0, 0.05) is 27.1 Å². The molecule has 2 aromatic carbocycles. The van der Waals surface area contributed by atoms with Crippen LogP contribution >= 0.6 is 11.6 Å². The van der Waals surface area contributed by atoms with Crippen LogP contribution in [0.3, 0.4) is 0 Å². The summed E-state index contributed by atoms with van der Waals surface area (Å²) in [7, 11) is 1.59. The Morgan fingerprint density at radius 2 is 1.88 bits per heavy atom. The van der Waals surface area contributed by atoms with Crippen molar-refractivity contribution >= 4 is 39.2 Å². The minimum Gasteiger partial charge on any atom is -0.496 e. The molecule has 4 rings (SSSR count). The van der Waals surface area contributed by atoms with E-state index >= 15 is 0 Å². The van der Waals surface area contributed by atoms with Crippen molar-refractivity contribution in [2.24, 2.45) is 0 Å². The normalized spacial score (nSPS) is 11.2. The highest BCUT2D eigenvalue weighted by Gasteiger charge is 2.18. The Hall–Kier alpha value is -2.92. The average Bonchev–Trinajstić information content (AvgIpc) is 2.93. The number of anilines is 1. The highest BCUT2D eigenvalue weighted by atomic mass is 35.5. The number of hydrogen-bond donors (Lipinski definition) is 3. The van der Waals surface area contributed by atoms with Crippen LogP contribution < -0.4 is 16.0 Å². The first-order valence-corrected chi connectivity index (χ1v) is 7.74. The number of halogens is 1. The van der Waals surface area contributed by atoms with Gasteiger partial charge in [0.2, 0.25) is 0 Å². The number of methoxy groups -OCH3 is 1. The summed E-state index contributed by atoms with van der Waals surface area (Å²) in [5.41, 5.74) is 9.58. The summed E-state index contributed by atoms with van der Waals surface area (Å²) < 4.78 is 5.43. The van der Waals surface area contributed by atoms with Gasteiger partial charge in [-0.25, -0.2) is 0 Å². The summed E-state index contributed by atoms with van der Waals surface area (Å²) in [5.74, 6) is 0.646. The molecule has 0 aliphatic heterocycles. The van der Waals surface area contributed by atoms with Crippen LogP contribution in [0.2, 0.25) is 5.02 Å². The Balaban J connectivity index is 2.21. The molecule has 2 aromatic heterocycles. The van der Waals surface area contributed by atoms with E-state index < -0.39 is 0 Å². The van der Waals surface area contributed by atoms with E-state index in [4.69, 9.17) is 22.1 Å². The minimum absolute atomic E-state index is 0.143. The van der Waals surface area contributed by atoms with Crippen LogP contribution in [0, 0.1) is 0 Å². The standard InChI is InChI=1S/C18H14ClN3O2/c1-24-13-5-3-2-4-10(13)14-15(20)18(23)22-16-11-8-9(19)6-7-12(11)21-17(14)16/h2-8,21H,20H2,1H3,(H,22,23). The fraction of sp³-hybridized carbons (Fsp3) is 0.0556. The quantitative estimate of drug-likeness (QED) is 0.517. The number of hydrogen-bond acceptors (Lipinski definition) is 3. The molecule has 4 aromatic rings. The van der Waals surface area contributed by atoms with Crippen molar-refractivity contribution in [2.75, 3.05) is 12.8 Å². The fourth-order valence-electron chi connectivity index (χ4n) is 3.04. The maximum atomic E-state index is 12.4. The molecule has 2 heterocycles. The molecule has 0 radical (unpaired) electrons. The first-order chi connectivity index (χ1) is 11.6. The summed E-state index contributed by atoms with van der Waals surface area (Å²) >= 11 is 6.10. The Morgan fingerprint density at radius 1 is 1.08 bits per heavy atom. The van der Waals surface area contributed by atoms with Crippen LogP contribution in [0.25, 0.3) is 33.1 Å². The number of para-hydroxylation sites is 1. The molecule has 120 valence electrons. The number of fused-ring (bicyclic) bond motifs is 3. The number of nitrogen functional groups attached to an aromatic ring is 1. The van der Waals surface area contributed by atoms with Crippen LogP contribution in [0.1, 0.15) is 0 Å². The van der Waals surface area contributed by atoms with Crippen molar-refractivity contribution in [3.05, 3.63) is 57.8 Å². The van der Waals surface area contributed by atoms with Gasteiger partial charge in [0.25, 0.3) is 5.56 Å². The van der Waals surface area contributed by atoms with Crippen LogP contribution in [0.5, 0.6) is 5.75 Å². The van der Waals surface area contributed by atoms with Gasteiger partial charge in [-0.05, 0) is 24.3 Å². The van der Waals surface area contributed by atoms with Gasteiger partial charge in [-0.15, -0.1) is 0 Å². The van der Waals surface area contributed by atoms with Gasteiger partial charge >= 0.3 is 0 Å². The van der Waals surface area contributed by atoms with Crippen molar-refractivity contribution in [1.29, 1.82) is 0 Å². The molecule has 4 N–H and O–H groups in total. The molecule has 0 spiro atoms. The number of aromatic nitrogens is 2. The van der Waals surface area contributed by atoms with Gasteiger partial charge in [0.15, 0.2) is 0 Å². The molecule has 0 amide bonds. The Bertz CT molecular complexity index is 1140. The molecule has 0 saturated carbocycles. The van der Waals surface area contributed by atoms with E-state index in [1.54, 1.807) is 13.2 Å². The first-order valence-electron chi connectivity index (χ1n) is 7.36. The van der Waals surface area contributed by atoms with E-state index in [1.165, 1.54) is 0 Å². The van der Waals surface area contributed by atoms with Gasteiger partial charge in [-0.3, -0.25) is 4.79 Å². The Labute approximate surface area is 142 Å². The summed E-state index contributed by atoms with van der Waals surface area (Å²) in [4.78, 5) is 18.6. The lowest BCUT2D eigenvalue weighted by molar-refractivity contribution is 0.416. The predicted molar refractivity (Wildman–Crippen MR) is 97.8 cm³/mol. The molecule has 6 heteroatoms. The summed E-state index contributed by atoms with van der Waals surface area (Å²) in [6, 6.07) is 12.9. The number of benzene rings is 2. The molecule has 0 bridgehead atoms. The molecular formula is C18H14ClN3O2. The second kappa shape index (κ2) is 5.32. The average molecular weight is 340 g/mol. The number of pyridine rings is 1. The fourth-order valence-corrected chi connectivity index (χ4v) is 3.21. The minimum atomic E-state index is -0.343. The van der Waals surface area contributed by atoms with Crippen LogP contribution in [-0.4, -0.2) is 17.1 Å². The van der Waals surface area contributed by atoms with E-state index in [0.717, 1.165) is 22.0 Å². The smallest absolute Gasteiger partial charge is 0.272 e. The molecule has 0 saturated heterocycles. The second-order valence-electron chi connectivity index (χ2n) is 5.51.